The molecule has 0 aliphatic carbocycles. The molecule has 1 saturated heterocycles. The highest BCUT2D eigenvalue weighted by Crippen LogP contribution is 2.21. The van der Waals surface area contributed by atoms with Gasteiger partial charge in [0.1, 0.15) is 5.82 Å². The van der Waals surface area contributed by atoms with Crippen LogP contribution in [-0.4, -0.2) is 41.6 Å². The van der Waals surface area contributed by atoms with Gasteiger partial charge < -0.3 is 15.3 Å². The van der Waals surface area contributed by atoms with Crippen LogP contribution in [0.4, 0.5) is 9.18 Å². The normalized spacial score (nSPS) is 21.1. The van der Waals surface area contributed by atoms with E-state index in [1.54, 1.807) is 17.0 Å². The third-order valence-corrected chi connectivity index (χ3v) is 4.17. The molecule has 126 valence electrons. The number of carbonyl (C=O) groups is 2. The summed E-state index contributed by atoms with van der Waals surface area (Å²) in [5.41, 5.74) is 1.54. The Morgan fingerprint density at radius 3 is 2.83 bits per heavy atom. The van der Waals surface area contributed by atoms with Crippen molar-refractivity contribution in [2.24, 2.45) is 11.8 Å². The lowest BCUT2D eigenvalue weighted by Crippen LogP contribution is -2.49. The fourth-order valence-corrected chi connectivity index (χ4v) is 3.01. The van der Waals surface area contributed by atoms with E-state index in [2.05, 4.69) is 5.32 Å². The van der Waals surface area contributed by atoms with Gasteiger partial charge in [0.25, 0.3) is 0 Å². The fraction of sp³-hybridized carbons (Fsp3) is 0.529. The van der Waals surface area contributed by atoms with Gasteiger partial charge in [-0.25, -0.2) is 9.18 Å². The highest BCUT2D eigenvalue weighted by atomic mass is 19.1. The van der Waals surface area contributed by atoms with Crippen molar-refractivity contribution in [3.63, 3.8) is 0 Å². The molecule has 1 aliphatic rings. The Labute approximate surface area is 135 Å². The Morgan fingerprint density at radius 1 is 1.39 bits per heavy atom. The summed E-state index contributed by atoms with van der Waals surface area (Å²) < 4.78 is 13.7. The summed E-state index contributed by atoms with van der Waals surface area (Å²) in [6, 6.07) is 4.62. The first-order valence-corrected chi connectivity index (χ1v) is 7.87. The van der Waals surface area contributed by atoms with Crippen molar-refractivity contribution in [3.05, 3.63) is 35.1 Å². The molecule has 2 rings (SSSR count). The minimum atomic E-state index is -0.865. The van der Waals surface area contributed by atoms with Crippen molar-refractivity contribution >= 4 is 12.0 Å². The van der Waals surface area contributed by atoms with Crippen molar-refractivity contribution in [2.45, 2.75) is 26.7 Å². The van der Waals surface area contributed by atoms with E-state index in [4.69, 9.17) is 5.11 Å². The molecule has 0 spiro atoms. The molecular formula is C17H23FN2O3. The summed E-state index contributed by atoms with van der Waals surface area (Å²) in [5.74, 6) is -1.50. The second kappa shape index (κ2) is 7.44. The van der Waals surface area contributed by atoms with E-state index < -0.39 is 11.9 Å². The number of nitrogens with zero attached hydrogens (tertiary/aromatic N) is 1. The molecule has 2 atom stereocenters. The Hall–Kier alpha value is -2.11. The molecule has 2 amide bonds. The highest BCUT2D eigenvalue weighted by molar-refractivity contribution is 5.76. The van der Waals surface area contributed by atoms with Crippen LogP contribution in [0.1, 0.15) is 24.5 Å². The van der Waals surface area contributed by atoms with Gasteiger partial charge in [-0.05, 0) is 37.3 Å². The van der Waals surface area contributed by atoms with Gasteiger partial charge in [0.05, 0.1) is 5.92 Å². The number of nitrogens with one attached hydrogen (secondary N) is 1. The lowest BCUT2D eigenvalue weighted by molar-refractivity contribution is -0.143. The molecule has 1 heterocycles. The van der Waals surface area contributed by atoms with Crippen molar-refractivity contribution < 1.29 is 19.1 Å². The van der Waals surface area contributed by atoms with E-state index in [1.165, 1.54) is 6.07 Å². The maximum Gasteiger partial charge on any atom is 0.317 e. The second-order valence-electron chi connectivity index (χ2n) is 6.36. The number of urea groups is 1. The van der Waals surface area contributed by atoms with Gasteiger partial charge in [0.15, 0.2) is 0 Å². The SMILES string of the molecule is Cc1ccc(F)c(CCNC(=O)N2CC(C)CC(C(=O)O)C2)c1. The molecule has 1 fully saturated rings. The highest BCUT2D eigenvalue weighted by Gasteiger charge is 2.31. The maximum absolute atomic E-state index is 13.7. The molecule has 0 aromatic heterocycles. The Balaban J connectivity index is 1.86. The Kier molecular flexibility index (Phi) is 5.58. The van der Waals surface area contributed by atoms with Crippen molar-refractivity contribution in [3.8, 4) is 0 Å². The number of halogens is 1. The van der Waals surface area contributed by atoms with Crippen LogP contribution in [0, 0.1) is 24.6 Å². The van der Waals surface area contributed by atoms with Crippen LogP contribution >= 0.6 is 0 Å². The van der Waals surface area contributed by atoms with Crippen LogP contribution in [0.15, 0.2) is 18.2 Å². The zero-order chi connectivity index (χ0) is 17.0. The number of likely N-dealkylation sites (tertiary alicyclic amines) is 1. The summed E-state index contributed by atoms with van der Waals surface area (Å²) in [4.78, 5) is 24.9. The fourth-order valence-electron chi connectivity index (χ4n) is 3.01. The van der Waals surface area contributed by atoms with Gasteiger partial charge in [-0.2, -0.15) is 0 Å². The standard InChI is InChI=1S/C17H23FN2O3/c1-11-3-4-15(18)13(7-11)5-6-19-17(23)20-9-12(2)8-14(10-20)16(21)22/h3-4,7,12,14H,5-6,8-10H2,1-2H3,(H,19,23)(H,21,22). The molecule has 1 aliphatic heterocycles. The summed E-state index contributed by atoms with van der Waals surface area (Å²) >= 11 is 0. The number of piperidine rings is 1. The summed E-state index contributed by atoms with van der Waals surface area (Å²) in [7, 11) is 0. The topological polar surface area (TPSA) is 69.6 Å². The van der Waals surface area contributed by atoms with E-state index >= 15 is 0 Å². The molecule has 0 saturated carbocycles. The van der Waals surface area contributed by atoms with E-state index in [0.29, 0.717) is 31.5 Å². The number of hydrogen-bond acceptors (Lipinski definition) is 2. The van der Waals surface area contributed by atoms with Gasteiger partial charge in [-0.3, -0.25) is 4.79 Å². The van der Waals surface area contributed by atoms with E-state index in [0.717, 1.165) is 5.56 Å². The number of carboxylic acid groups (broad SMARTS) is 1. The van der Waals surface area contributed by atoms with Crippen LogP contribution in [0.25, 0.3) is 0 Å². The number of amides is 2. The van der Waals surface area contributed by atoms with Crippen LogP contribution in [-0.2, 0) is 11.2 Å². The number of rotatable bonds is 4. The molecule has 23 heavy (non-hydrogen) atoms. The second-order valence-corrected chi connectivity index (χ2v) is 6.36. The molecule has 5 nitrogen and oxygen atoms in total. The average Bonchev–Trinajstić information content (AvgIpc) is 2.50. The number of benzene rings is 1. The largest absolute Gasteiger partial charge is 0.481 e. The van der Waals surface area contributed by atoms with Crippen LogP contribution in [0.5, 0.6) is 0 Å². The van der Waals surface area contributed by atoms with E-state index in [1.807, 2.05) is 13.8 Å². The van der Waals surface area contributed by atoms with Crippen LogP contribution < -0.4 is 5.32 Å². The van der Waals surface area contributed by atoms with Gasteiger partial charge in [0, 0.05) is 19.6 Å². The van der Waals surface area contributed by atoms with Crippen molar-refractivity contribution in [2.75, 3.05) is 19.6 Å². The third-order valence-electron chi connectivity index (χ3n) is 4.17. The maximum atomic E-state index is 13.7. The third kappa shape index (κ3) is 4.68. The Morgan fingerprint density at radius 2 is 2.13 bits per heavy atom. The molecule has 0 bridgehead atoms. The van der Waals surface area contributed by atoms with E-state index in [-0.39, 0.29) is 24.3 Å². The lowest BCUT2D eigenvalue weighted by atomic mass is 9.91. The first-order valence-electron chi connectivity index (χ1n) is 7.87. The number of carbonyl (C=O) groups excluding carboxylic acids is 1. The van der Waals surface area contributed by atoms with Crippen LogP contribution in [0.2, 0.25) is 0 Å². The van der Waals surface area contributed by atoms with E-state index in [9.17, 15) is 14.0 Å². The van der Waals surface area contributed by atoms with Gasteiger partial charge in [-0.1, -0.05) is 24.6 Å². The minimum Gasteiger partial charge on any atom is -0.481 e. The number of carboxylic acids is 1. The Bertz CT molecular complexity index is 591. The van der Waals surface area contributed by atoms with Crippen molar-refractivity contribution in [1.29, 1.82) is 0 Å². The summed E-state index contributed by atoms with van der Waals surface area (Å²) in [6.07, 6.45) is 0.999. The number of hydrogen-bond donors (Lipinski definition) is 2. The average molecular weight is 322 g/mol. The molecule has 1 aromatic carbocycles. The number of aliphatic carboxylic acids is 1. The summed E-state index contributed by atoms with van der Waals surface area (Å²) in [5, 5.41) is 11.9. The molecule has 0 radical (unpaired) electrons. The molecular weight excluding hydrogens is 299 g/mol. The lowest BCUT2D eigenvalue weighted by Gasteiger charge is -2.34. The first kappa shape index (κ1) is 17.2. The quantitative estimate of drug-likeness (QED) is 0.894. The molecule has 2 N–H and O–H groups in total. The minimum absolute atomic E-state index is 0.157. The first-order chi connectivity index (χ1) is 10.9. The smallest absolute Gasteiger partial charge is 0.317 e. The predicted octanol–water partition coefficient (Wildman–Crippen LogP) is 2.43. The molecule has 2 unspecified atom stereocenters. The monoisotopic (exact) mass is 322 g/mol. The molecule has 1 aromatic rings. The summed E-state index contributed by atoms with van der Waals surface area (Å²) in [6.45, 7) is 4.93. The van der Waals surface area contributed by atoms with Gasteiger partial charge in [0.2, 0.25) is 0 Å². The van der Waals surface area contributed by atoms with Gasteiger partial charge in [-0.15, -0.1) is 0 Å². The van der Waals surface area contributed by atoms with Crippen LogP contribution in [0.3, 0.4) is 0 Å². The molecule has 6 heteroatoms. The predicted molar refractivity (Wildman–Crippen MR) is 84.7 cm³/mol. The number of aryl methyl sites for hydroxylation is 1. The zero-order valence-corrected chi connectivity index (χ0v) is 13.5. The zero-order valence-electron chi connectivity index (χ0n) is 13.5. The van der Waals surface area contributed by atoms with Crippen molar-refractivity contribution in [1.82, 2.24) is 10.2 Å². The van der Waals surface area contributed by atoms with Gasteiger partial charge >= 0.3 is 12.0 Å².